The van der Waals surface area contributed by atoms with Gasteiger partial charge in [-0.05, 0) is 25.1 Å². The van der Waals surface area contributed by atoms with Gasteiger partial charge in [-0.25, -0.2) is 4.79 Å². The molecular weight excluding hydrogens is 303 g/mol. The fourth-order valence-electron chi connectivity index (χ4n) is 2.11. The van der Waals surface area contributed by atoms with E-state index in [0.717, 1.165) is 11.0 Å². The predicted octanol–water partition coefficient (Wildman–Crippen LogP) is 2.25. The third kappa shape index (κ3) is 3.38. The van der Waals surface area contributed by atoms with Gasteiger partial charge in [0.05, 0.1) is 30.0 Å². The van der Waals surface area contributed by atoms with Gasteiger partial charge in [0.25, 0.3) is 5.91 Å². The third-order valence-electron chi connectivity index (χ3n) is 3.09. The summed E-state index contributed by atoms with van der Waals surface area (Å²) in [5, 5.41) is 0. The number of hydrogen-bond donors (Lipinski definition) is 0. The van der Waals surface area contributed by atoms with Gasteiger partial charge in [0, 0.05) is 6.54 Å². The zero-order valence-corrected chi connectivity index (χ0v) is 11.8. The average Bonchev–Trinajstić information content (AvgIpc) is 2.46. The molecule has 0 spiro atoms. The van der Waals surface area contributed by atoms with Gasteiger partial charge in [0.2, 0.25) is 0 Å². The van der Waals surface area contributed by atoms with E-state index in [1.807, 2.05) is 0 Å². The summed E-state index contributed by atoms with van der Waals surface area (Å²) in [4.78, 5) is 24.3. The Hall–Kier alpha value is -2.09. The van der Waals surface area contributed by atoms with E-state index < -0.39 is 23.6 Å². The zero-order chi connectivity index (χ0) is 16.3. The number of morpholine rings is 1. The molecule has 0 aliphatic carbocycles. The maximum atomic E-state index is 13.2. The van der Waals surface area contributed by atoms with Crippen LogP contribution in [0, 0.1) is 0 Å². The third-order valence-corrected chi connectivity index (χ3v) is 3.09. The Labute approximate surface area is 124 Å². The predicted molar refractivity (Wildman–Crippen MR) is 70.6 cm³/mol. The van der Waals surface area contributed by atoms with Crippen LogP contribution in [0.1, 0.15) is 22.8 Å². The molecule has 1 amide bonds. The van der Waals surface area contributed by atoms with Gasteiger partial charge in [-0.2, -0.15) is 13.2 Å². The molecule has 8 heteroatoms. The topological polar surface area (TPSA) is 55.8 Å². The van der Waals surface area contributed by atoms with Crippen molar-refractivity contribution in [3.63, 3.8) is 0 Å². The van der Waals surface area contributed by atoms with E-state index in [2.05, 4.69) is 0 Å². The summed E-state index contributed by atoms with van der Waals surface area (Å²) in [6, 6.07) is 3.03. The van der Waals surface area contributed by atoms with E-state index in [4.69, 9.17) is 9.47 Å². The molecule has 1 saturated heterocycles. The first kappa shape index (κ1) is 16.3. The normalized spacial score (nSPS) is 15.8. The highest BCUT2D eigenvalue weighted by Crippen LogP contribution is 2.37. The second-order valence-electron chi connectivity index (χ2n) is 4.55. The summed E-state index contributed by atoms with van der Waals surface area (Å²) in [5.41, 5.74) is -1.54. The number of amides is 1. The van der Waals surface area contributed by atoms with Crippen LogP contribution in [-0.4, -0.2) is 38.2 Å². The summed E-state index contributed by atoms with van der Waals surface area (Å²) in [6.45, 7) is 1.54. The molecule has 0 radical (unpaired) electrons. The molecular formula is C14H14F3NO4. The number of rotatable bonds is 3. The van der Waals surface area contributed by atoms with Crippen molar-refractivity contribution >= 4 is 17.6 Å². The SMILES string of the molecule is CCOC(=O)c1ccc(N2CCOCC2=O)c(C(F)(F)F)c1. The zero-order valence-electron chi connectivity index (χ0n) is 11.8. The number of hydrogen-bond acceptors (Lipinski definition) is 4. The summed E-state index contributed by atoms with van der Waals surface area (Å²) in [7, 11) is 0. The Balaban J connectivity index is 2.45. The van der Waals surface area contributed by atoms with Crippen molar-refractivity contribution in [2.45, 2.75) is 13.1 Å². The van der Waals surface area contributed by atoms with Crippen LogP contribution in [0.15, 0.2) is 18.2 Å². The summed E-state index contributed by atoms with van der Waals surface area (Å²) in [6.07, 6.45) is -4.70. The van der Waals surface area contributed by atoms with E-state index in [-0.39, 0.29) is 37.6 Å². The minimum absolute atomic E-state index is 0.0284. The van der Waals surface area contributed by atoms with Crippen molar-refractivity contribution < 1.29 is 32.2 Å². The number of nitrogens with zero attached hydrogens (tertiary/aromatic N) is 1. The van der Waals surface area contributed by atoms with Crippen molar-refractivity contribution in [1.82, 2.24) is 0 Å². The van der Waals surface area contributed by atoms with Crippen LogP contribution >= 0.6 is 0 Å². The molecule has 0 aromatic heterocycles. The minimum atomic E-state index is -4.70. The molecule has 0 unspecified atom stereocenters. The van der Waals surface area contributed by atoms with Gasteiger partial charge in [-0.1, -0.05) is 0 Å². The number of anilines is 1. The van der Waals surface area contributed by atoms with Gasteiger partial charge < -0.3 is 14.4 Å². The Morgan fingerprint density at radius 3 is 2.73 bits per heavy atom. The Kier molecular flexibility index (Phi) is 4.70. The van der Waals surface area contributed by atoms with Crippen molar-refractivity contribution in [3.05, 3.63) is 29.3 Å². The fourth-order valence-corrected chi connectivity index (χ4v) is 2.11. The van der Waals surface area contributed by atoms with Gasteiger partial charge in [0.1, 0.15) is 6.61 Å². The minimum Gasteiger partial charge on any atom is -0.462 e. The van der Waals surface area contributed by atoms with Crippen LogP contribution in [-0.2, 0) is 20.4 Å². The monoisotopic (exact) mass is 317 g/mol. The van der Waals surface area contributed by atoms with E-state index in [9.17, 15) is 22.8 Å². The van der Waals surface area contributed by atoms with Crippen molar-refractivity contribution in [1.29, 1.82) is 0 Å². The largest absolute Gasteiger partial charge is 0.462 e. The molecule has 1 heterocycles. The van der Waals surface area contributed by atoms with Gasteiger partial charge in [0.15, 0.2) is 0 Å². The van der Waals surface area contributed by atoms with E-state index >= 15 is 0 Å². The first-order chi connectivity index (χ1) is 10.3. The van der Waals surface area contributed by atoms with Gasteiger partial charge in [-0.3, -0.25) is 4.79 Å². The number of carbonyl (C=O) groups is 2. The first-order valence-electron chi connectivity index (χ1n) is 6.61. The van der Waals surface area contributed by atoms with Crippen LogP contribution < -0.4 is 4.90 Å². The summed E-state index contributed by atoms with van der Waals surface area (Å²) >= 11 is 0. The highest BCUT2D eigenvalue weighted by molar-refractivity contribution is 5.97. The lowest BCUT2D eigenvalue weighted by Crippen LogP contribution is -2.42. The summed E-state index contributed by atoms with van der Waals surface area (Å²) in [5.74, 6) is -1.39. The second-order valence-corrected chi connectivity index (χ2v) is 4.55. The maximum absolute atomic E-state index is 13.2. The van der Waals surface area contributed by atoms with Crippen LogP contribution in [0.2, 0.25) is 0 Å². The van der Waals surface area contributed by atoms with Gasteiger partial charge >= 0.3 is 12.1 Å². The lowest BCUT2D eigenvalue weighted by molar-refractivity contribution is -0.137. The molecule has 0 N–H and O–H groups in total. The first-order valence-corrected chi connectivity index (χ1v) is 6.61. The standard InChI is InChI=1S/C14H14F3NO4/c1-2-22-13(20)9-3-4-11(10(7-9)14(15,16)17)18-5-6-21-8-12(18)19/h3-4,7H,2,5-6,8H2,1H3. The number of halogens is 3. The molecule has 0 atom stereocenters. The van der Waals surface area contributed by atoms with E-state index in [1.54, 1.807) is 6.92 Å². The van der Waals surface area contributed by atoms with E-state index in [0.29, 0.717) is 6.07 Å². The average molecular weight is 317 g/mol. The highest BCUT2D eigenvalue weighted by Gasteiger charge is 2.37. The Morgan fingerprint density at radius 1 is 1.41 bits per heavy atom. The molecule has 1 aromatic rings. The van der Waals surface area contributed by atoms with Crippen LogP contribution in [0.4, 0.5) is 18.9 Å². The lowest BCUT2D eigenvalue weighted by atomic mass is 10.1. The summed E-state index contributed by atoms with van der Waals surface area (Å²) < 4.78 is 49.3. The number of benzene rings is 1. The molecule has 1 fully saturated rings. The van der Waals surface area contributed by atoms with Crippen molar-refractivity contribution in [2.24, 2.45) is 0 Å². The molecule has 1 aliphatic rings. The van der Waals surface area contributed by atoms with E-state index in [1.165, 1.54) is 6.07 Å². The highest BCUT2D eigenvalue weighted by atomic mass is 19.4. The van der Waals surface area contributed by atoms with Crippen LogP contribution in [0.25, 0.3) is 0 Å². The molecule has 120 valence electrons. The van der Waals surface area contributed by atoms with Crippen LogP contribution in [0.3, 0.4) is 0 Å². The maximum Gasteiger partial charge on any atom is 0.418 e. The second kappa shape index (κ2) is 6.35. The van der Waals surface area contributed by atoms with Gasteiger partial charge in [-0.15, -0.1) is 0 Å². The molecule has 22 heavy (non-hydrogen) atoms. The molecule has 5 nitrogen and oxygen atoms in total. The van der Waals surface area contributed by atoms with Crippen molar-refractivity contribution in [2.75, 3.05) is 31.3 Å². The number of ether oxygens (including phenoxy) is 2. The lowest BCUT2D eigenvalue weighted by Gasteiger charge is -2.29. The molecule has 0 bridgehead atoms. The van der Waals surface area contributed by atoms with Crippen molar-refractivity contribution in [3.8, 4) is 0 Å². The number of esters is 1. The molecule has 1 aromatic carbocycles. The Morgan fingerprint density at radius 2 is 2.14 bits per heavy atom. The number of alkyl halides is 3. The quantitative estimate of drug-likeness (QED) is 0.802. The number of carbonyl (C=O) groups excluding carboxylic acids is 2. The molecule has 0 saturated carbocycles. The molecule has 2 rings (SSSR count). The van der Waals surface area contributed by atoms with Crippen LogP contribution in [0.5, 0.6) is 0 Å². The smallest absolute Gasteiger partial charge is 0.418 e. The fraction of sp³-hybridized carbons (Fsp3) is 0.429. The Bertz CT molecular complexity index is 586. The molecule has 1 aliphatic heterocycles.